The van der Waals surface area contributed by atoms with Gasteiger partial charge in [-0.05, 0) is 33.6 Å². The van der Waals surface area contributed by atoms with Crippen LogP contribution in [0.15, 0.2) is 0 Å². The second-order valence-electron chi connectivity index (χ2n) is 5.11. The van der Waals surface area contributed by atoms with Crippen molar-refractivity contribution in [2.24, 2.45) is 5.73 Å². The molecule has 0 atom stereocenters. The fraction of sp³-hybridized carbons (Fsp3) is 0.800. The quantitative estimate of drug-likeness (QED) is 0.702. The Bertz CT molecular complexity index is 290. The largest absolute Gasteiger partial charge is 0.480 e. The Balaban J connectivity index is 2.81. The molecule has 0 aromatic rings. The van der Waals surface area contributed by atoms with Crippen LogP contribution in [0, 0.1) is 0 Å². The number of hydrogen-bond donors (Lipinski definition) is 2. The Kier molecular flexibility index (Phi) is 2.78. The van der Waals surface area contributed by atoms with E-state index in [2.05, 4.69) is 0 Å². The fourth-order valence-corrected chi connectivity index (χ4v) is 1.37. The van der Waals surface area contributed by atoms with Crippen molar-refractivity contribution in [1.29, 1.82) is 0 Å². The fourth-order valence-electron chi connectivity index (χ4n) is 1.37. The van der Waals surface area contributed by atoms with Crippen molar-refractivity contribution >= 4 is 11.9 Å². The molecule has 1 rings (SSSR count). The van der Waals surface area contributed by atoms with E-state index in [4.69, 9.17) is 10.8 Å². The molecule has 1 amide bonds. The molecule has 0 bridgehead atoms. The van der Waals surface area contributed by atoms with Gasteiger partial charge in [-0.2, -0.15) is 0 Å². The van der Waals surface area contributed by atoms with E-state index in [1.807, 2.05) is 0 Å². The number of amides is 1. The Morgan fingerprint density at radius 3 is 2.13 bits per heavy atom. The number of aliphatic carboxylic acids is 1. The first kappa shape index (κ1) is 12.0. The average molecular weight is 214 g/mol. The molecule has 0 aromatic heterocycles. The van der Waals surface area contributed by atoms with E-state index >= 15 is 0 Å². The highest BCUT2D eigenvalue weighted by Crippen LogP contribution is 2.35. The van der Waals surface area contributed by atoms with Crippen LogP contribution in [0.2, 0.25) is 0 Å². The minimum absolute atomic E-state index is 0.252. The summed E-state index contributed by atoms with van der Waals surface area (Å²) in [5.41, 5.74) is 4.47. The maximum absolute atomic E-state index is 11.9. The Morgan fingerprint density at radius 2 is 1.87 bits per heavy atom. The number of carbonyl (C=O) groups is 2. The van der Waals surface area contributed by atoms with Crippen molar-refractivity contribution in [1.82, 2.24) is 4.90 Å². The van der Waals surface area contributed by atoms with Gasteiger partial charge in [-0.15, -0.1) is 0 Å². The maximum Gasteiger partial charge on any atom is 0.323 e. The standard InChI is InChI=1S/C10H18N2O3/c1-9(2,3)12(6-7(13)14)8(15)10(11)4-5-10/h4-6,11H2,1-3H3,(H,13,14). The molecule has 5 heteroatoms. The number of nitrogens with zero attached hydrogens (tertiary/aromatic N) is 1. The molecule has 0 saturated heterocycles. The molecular formula is C10H18N2O3. The molecule has 1 fully saturated rings. The number of carboxylic acid groups (broad SMARTS) is 1. The highest BCUT2D eigenvalue weighted by molar-refractivity contribution is 5.91. The van der Waals surface area contributed by atoms with E-state index in [1.54, 1.807) is 20.8 Å². The maximum atomic E-state index is 11.9. The van der Waals surface area contributed by atoms with E-state index in [0.29, 0.717) is 12.8 Å². The monoisotopic (exact) mass is 214 g/mol. The van der Waals surface area contributed by atoms with Crippen LogP contribution in [0.5, 0.6) is 0 Å². The van der Waals surface area contributed by atoms with Crippen LogP contribution in [0.3, 0.4) is 0 Å². The van der Waals surface area contributed by atoms with Gasteiger partial charge in [0, 0.05) is 5.54 Å². The number of carbonyl (C=O) groups excluding carboxylic acids is 1. The lowest BCUT2D eigenvalue weighted by Gasteiger charge is -2.36. The molecule has 0 heterocycles. The molecule has 0 aliphatic heterocycles. The zero-order valence-corrected chi connectivity index (χ0v) is 9.41. The highest BCUT2D eigenvalue weighted by atomic mass is 16.4. The number of rotatable bonds is 3. The van der Waals surface area contributed by atoms with Crippen molar-refractivity contribution in [2.75, 3.05) is 6.54 Å². The lowest BCUT2D eigenvalue weighted by Crippen LogP contribution is -2.55. The summed E-state index contributed by atoms with van der Waals surface area (Å²) in [6, 6.07) is 0. The van der Waals surface area contributed by atoms with Crippen molar-refractivity contribution in [3.05, 3.63) is 0 Å². The van der Waals surface area contributed by atoms with Crippen molar-refractivity contribution in [2.45, 2.75) is 44.7 Å². The van der Waals surface area contributed by atoms with E-state index < -0.39 is 17.0 Å². The molecule has 0 spiro atoms. The minimum Gasteiger partial charge on any atom is -0.480 e. The molecule has 5 nitrogen and oxygen atoms in total. The van der Waals surface area contributed by atoms with E-state index in [-0.39, 0.29) is 12.5 Å². The lowest BCUT2D eigenvalue weighted by molar-refractivity contribution is -0.149. The number of nitrogens with two attached hydrogens (primary N) is 1. The third-order valence-corrected chi connectivity index (χ3v) is 2.56. The van der Waals surface area contributed by atoms with Gasteiger partial charge in [0.1, 0.15) is 6.54 Å². The summed E-state index contributed by atoms with van der Waals surface area (Å²) in [4.78, 5) is 24.0. The third-order valence-electron chi connectivity index (χ3n) is 2.56. The zero-order chi connectivity index (χ0) is 11.9. The van der Waals surface area contributed by atoms with Gasteiger partial charge in [-0.25, -0.2) is 0 Å². The summed E-state index contributed by atoms with van der Waals surface area (Å²) in [7, 11) is 0. The van der Waals surface area contributed by atoms with Gasteiger partial charge in [0.15, 0.2) is 0 Å². The average Bonchev–Trinajstić information content (AvgIpc) is 2.77. The van der Waals surface area contributed by atoms with E-state index in [0.717, 1.165) is 0 Å². The van der Waals surface area contributed by atoms with Crippen LogP contribution in [0.4, 0.5) is 0 Å². The van der Waals surface area contributed by atoms with Gasteiger partial charge >= 0.3 is 5.97 Å². The first-order chi connectivity index (χ1) is 6.67. The summed E-state index contributed by atoms with van der Waals surface area (Å²) >= 11 is 0. The van der Waals surface area contributed by atoms with Crippen LogP contribution in [0.25, 0.3) is 0 Å². The molecule has 15 heavy (non-hydrogen) atoms. The van der Waals surface area contributed by atoms with E-state index in [1.165, 1.54) is 4.90 Å². The summed E-state index contributed by atoms with van der Waals surface area (Å²) in [5.74, 6) is -1.26. The normalized spacial score (nSPS) is 18.4. The molecule has 0 aromatic carbocycles. The molecule has 1 aliphatic carbocycles. The molecule has 3 N–H and O–H groups in total. The summed E-state index contributed by atoms with van der Waals surface area (Å²) in [5, 5.41) is 8.75. The minimum atomic E-state index is -1.01. The van der Waals surface area contributed by atoms with Gasteiger partial charge < -0.3 is 15.7 Å². The molecular weight excluding hydrogens is 196 g/mol. The predicted octanol–water partition coefficient (Wildman–Crippen LogP) is 0.189. The number of hydrogen-bond acceptors (Lipinski definition) is 3. The summed E-state index contributed by atoms with van der Waals surface area (Å²) < 4.78 is 0. The van der Waals surface area contributed by atoms with Crippen LogP contribution < -0.4 is 5.73 Å². The van der Waals surface area contributed by atoms with Gasteiger partial charge in [-0.1, -0.05) is 0 Å². The van der Waals surface area contributed by atoms with Crippen molar-refractivity contribution in [3.63, 3.8) is 0 Å². The van der Waals surface area contributed by atoms with Crippen molar-refractivity contribution < 1.29 is 14.7 Å². The molecule has 1 aliphatic rings. The second kappa shape index (κ2) is 3.48. The van der Waals surface area contributed by atoms with Gasteiger partial charge in [-0.3, -0.25) is 9.59 Å². The van der Waals surface area contributed by atoms with E-state index in [9.17, 15) is 9.59 Å². The third kappa shape index (κ3) is 2.68. The molecule has 0 radical (unpaired) electrons. The smallest absolute Gasteiger partial charge is 0.323 e. The van der Waals surface area contributed by atoms with Gasteiger partial charge in [0.2, 0.25) is 5.91 Å². The predicted molar refractivity (Wildman–Crippen MR) is 55.3 cm³/mol. The van der Waals surface area contributed by atoms with Crippen LogP contribution in [-0.4, -0.2) is 39.5 Å². The van der Waals surface area contributed by atoms with Crippen LogP contribution in [-0.2, 0) is 9.59 Å². The second-order valence-corrected chi connectivity index (χ2v) is 5.11. The first-order valence-corrected chi connectivity index (χ1v) is 4.99. The lowest BCUT2D eigenvalue weighted by atomic mass is 10.0. The summed E-state index contributed by atoms with van der Waals surface area (Å²) in [6.07, 6.45) is 1.30. The Labute approximate surface area is 89.2 Å². The van der Waals surface area contributed by atoms with Gasteiger partial charge in [0.05, 0.1) is 5.54 Å². The Hall–Kier alpha value is -1.10. The van der Waals surface area contributed by atoms with Gasteiger partial charge in [0.25, 0.3) is 0 Å². The summed E-state index contributed by atoms with van der Waals surface area (Å²) in [6.45, 7) is 5.13. The molecule has 86 valence electrons. The SMILES string of the molecule is CC(C)(C)N(CC(=O)O)C(=O)C1(N)CC1. The number of carboxylic acids is 1. The van der Waals surface area contributed by atoms with Crippen LogP contribution in [0.1, 0.15) is 33.6 Å². The zero-order valence-electron chi connectivity index (χ0n) is 9.41. The topological polar surface area (TPSA) is 83.6 Å². The first-order valence-electron chi connectivity index (χ1n) is 4.99. The molecule has 0 unspecified atom stereocenters. The van der Waals surface area contributed by atoms with Crippen LogP contribution >= 0.6 is 0 Å². The molecule has 1 saturated carbocycles. The Morgan fingerprint density at radius 1 is 1.40 bits per heavy atom. The van der Waals surface area contributed by atoms with Crippen molar-refractivity contribution in [3.8, 4) is 0 Å². The highest BCUT2D eigenvalue weighted by Gasteiger charge is 2.50.